The summed E-state index contributed by atoms with van der Waals surface area (Å²) in [6.07, 6.45) is 3.76. The summed E-state index contributed by atoms with van der Waals surface area (Å²) in [4.78, 5) is 6.81. The van der Waals surface area contributed by atoms with Gasteiger partial charge >= 0.3 is 0 Å². The van der Waals surface area contributed by atoms with Crippen LogP contribution in [-0.2, 0) is 0 Å². The number of nitrogens with zero attached hydrogens (tertiary/aromatic N) is 2. The van der Waals surface area contributed by atoms with E-state index in [4.69, 9.17) is 10.5 Å². The van der Waals surface area contributed by atoms with E-state index in [9.17, 15) is 0 Å². The van der Waals surface area contributed by atoms with Crippen molar-refractivity contribution in [2.75, 3.05) is 31.7 Å². The maximum atomic E-state index is 5.94. The maximum absolute atomic E-state index is 5.94. The van der Waals surface area contributed by atoms with Crippen molar-refractivity contribution in [3.05, 3.63) is 12.1 Å². The molecule has 3 N–H and O–H groups in total. The summed E-state index contributed by atoms with van der Waals surface area (Å²) < 4.78 is 5.81. The van der Waals surface area contributed by atoms with Crippen LogP contribution >= 0.6 is 0 Å². The molecule has 1 aliphatic rings. The van der Waals surface area contributed by atoms with Crippen LogP contribution in [0.25, 0.3) is 0 Å². The van der Waals surface area contributed by atoms with E-state index in [2.05, 4.69) is 29.3 Å². The minimum absolute atomic E-state index is 0.258. The normalized spacial score (nSPS) is 17.4. The highest BCUT2D eigenvalue weighted by atomic mass is 16.5. The molecule has 0 radical (unpaired) electrons. The van der Waals surface area contributed by atoms with E-state index in [1.54, 1.807) is 0 Å². The van der Waals surface area contributed by atoms with Gasteiger partial charge in [0.25, 0.3) is 0 Å². The number of anilines is 2. The fourth-order valence-corrected chi connectivity index (χ4v) is 2.54. The van der Waals surface area contributed by atoms with Crippen molar-refractivity contribution in [3.63, 3.8) is 0 Å². The molecule has 0 atom stereocenters. The average Bonchev–Trinajstić information content (AvgIpc) is 2.29. The van der Waals surface area contributed by atoms with Gasteiger partial charge in [-0.15, -0.1) is 0 Å². The summed E-state index contributed by atoms with van der Waals surface area (Å²) in [7, 11) is 4.29. The number of pyridine rings is 1. The maximum Gasteiger partial charge on any atom is 0.239 e. The Morgan fingerprint density at radius 3 is 2.48 bits per heavy atom. The lowest BCUT2D eigenvalue weighted by Crippen LogP contribution is -2.54. The Hall–Kier alpha value is -1.49. The first-order valence-electron chi connectivity index (χ1n) is 7.59. The molecule has 1 aromatic rings. The molecule has 0 saturated heterocycles. The number of hydrogen-bond acceptors (Lipinski definition) is 5. The highest BCUT2D eigenvalue weighted by Crippen LogP contribution is 2.36. The average molecular weight is 292 g/mol. The Kier molecular flexibility index (Phi) is 4.33. The molecule has 0 aromatic carbocycles. The van der Waals surface area contributed by atoms with Crippen LogP contribution in [0.3, 0.4) is 0 Å². The molecular formula is C16H28N4O. The van der Waals surface area contributed by atoms with Crippen LogP contribution in [-0.4, -0.2) is 41.7 Å². The molecule has 1 heterocycles. The van der Waals surface area contributed by atoms with Crippen LogP contribution in [0.5, 0.6) is 5.88 Å². The van der Waals surface area contributed by atoms with Gasteiger partial charge in [0.1, 0.15) is 11.4 Å². The molecular weight excluding hydrogens is 264 g/mol. The van der Waals surface area contributed by atoms with Gasteiger partial charge in [0.05, 0.1) is 5.69 Å². The number of rotatable bonds is 5. The second kappa shape index (κ2) is 5.72. The second-order valence-electron chi connectivity index (χ2n) is 7.13. The molecule has 0 unspecified atom stereocenters. The van der Waals surface area contributed by atoms with E-state index in [1.165, 1.54) is 19.3 Å². The van der Waals surface area contributed by atoms with Gasteiger partial charge in [-0.05, 0) is 66.3 Å². The molecule has 1 saturated carbocycles. The summed E-state index contributed by atoms with van der Waals surface area (Å²) in [6, 6.07) is 3.76. The van der Waals surface area contributed by atoms with E-state index in [0.29, 0.717) is 11.6 Å². The summed E-state index contributed by atoms with van der Waals surface area (Å²) in [5, 5.41) is 3.43. The van der Waals surface area contributed by atoms with Crippen molar-refractivity contribution in [2.24, 2.45) is 0 Å². The Morgan fingerprint density at radius 1 is 1.33 bits per heavy atom. The van der Waals surface area contributed by atoms with Crippen LogP contribution in [0, 0.1) is 0 Å². The van der Waals surface area contributed by atoms with Crippen molar-refractivity contribution in [2.45, 2.75) is 51.2 Å². The topological polar surface area (TPSA) is 63.4 Å². The Balaban J connectivity index is 2.05. The third kappa shape index (κ3) is 3.79. The molecule has 1 aromatic heterocycles. The van der Waals surface area contributed by atoms with E-state index >= 15 is 0 Å². The zero-order chi connectivity index (χ0) is 15.7. The molecule has 1 aliphatic carbocycles. The standard InChI is InChI=1S/C16H28N4O/c1-15(2,3)21-14-12(17)7-8-13(19-14)18-11-16(20(4)5)9-6-10-16/h7-8H,6,9-11,17H2,1-5H3,(H,18,19). The fraction of sp³-hybridized carbons (Fsp3) is 0.688. The molecule has 0 amide bonds. The lowest BCUT2D eigenvalue weighted by Gasteiger charge is -2.47. The Bertz CT molecular complexity index is 490. The Morgan fingerprint density at radius 2 is 2.00 bits per heavy atom. The number of ether oxygens (including phenoxy) is 1. The summed E-state index contributed by atoms with van der Waals surface area (Å²) in [5.41, 5.74) is 6.46. The predicted octanol–water partition coefficient (Wildman–Crippen LogP) is 2.74. The van der Waals surface area contributed by atoms with Crippen LogP contribution in [0.15, 0.2) is 12.1 Å². The van der Waals surface area contributed by atoms with Crippen molar-refractivity contribution >= 4 is 11.5 Å². The molecule has 0 spiro atoms. The van der Waals surface area contributed by atoms with Gasteiger partial charge in [0.15, 0.2) is 0 Å². The highest BCUT2D eigenvalue weighted by molar-refractivity contribution is 5.54. The number of nitrogen functional groups attached to an aromatic ring is 1. The first kappa shape index (κ1) is 15.9. The smallest absolute Gasteiger partial charge is 0.239 e. The number of hydrogen-bond donors (Lipinski definition) is 2. The molecule has 2 rings (SSSR count). The fourth-order valence-electron chi connectivity index (χ4n) is 2.54. The highest BCUT2D eigenvalue weighted by Gasteiger charge is 2.38. The molecule has 5 heteroatoms. The van der Waals surface area contributed by atoms with Crippen LogP contribution in [0.2, 0.25) is 0 Å². The van der Waals surface area contributed by atoms with Crippen LogP contribution < -0.4 is 15.8 Å². The van der Waals surface area contributed by atoms with Crippen molar-refractivity contribution in [1.29, 1.82) is 0 Å². The third-order valence-corrected chi connectivity index (χ3v) is 4.12. The van der Waals surface area contributed by atoms with Gasteiger partial charge in [-0.2, -0.15) is 4.98 Å². The second-order valence-corrected chi connectivity index (χ2v) is 7.13. The minimum Gasteiger partial charge on any atom is -0.470 e. The molecule has 1 fully saturated rings. The lowest BCUT2D eigenvalue weighted by atomic mass is 9.75. The molecule has 0 aliphatic heterocycles. The third-order valence-electron chi connectivity index (χ3n) is 4.12. The van der Waals surface area contributed by atoms with Crippen LogP contribution in [0.4, 0.5) is 11.5 Å². The van der Waals surface area contributed by atoms with Gasteiger partial charge in [-0.1, -0.05) is 0 Å². The van der Waals surface area contributed by atoms with E-state index in [-0.39, 0.29) is 11.1 Å². The van der Waals surface area contributed by atoms with Gasteiger partial charge in [-0.25, -0.2) is 0 Å². The van der Waals surface area contributed by atoms with E-state index in [0.717, 1.165) is 12.4 Å². The quantitative estimate of drug-likeness (QED) is 0.873. The summed E-state index contributed by atoms with van der Waals surface area (Å²) >= 11 is 0. The summed E-state index contributed by atoms with van der Waals surface area (Å²) in [6.45, 7) is 6.86. The molecule has 0 bridgehead atoms. The van der Waals surface area contributed by atoms with Crippen LogP contribution in [0.1, 0.15) is 40.0 Å². The summed E-state index contributed by atoms with van der Waals surface area (Å²) in [5.74, 6) is 1.32. The largest absolute Gasteiger partial charge is 0.470 e. The number of aromatic nitrogens is 1. The lowest BCUT2D eigenvalue weighted by molar-refractivity contribution is 0.0737. The number of likely N-dealkylation sites (N-methyl/N-ethyl adjacent to an activating group) is 1. The van der Waals surface area contributed by atoms with E-state index in [1.807, 2.05) is 32.9 Å². The van der Waals surface area contributed by atoms with Gasteiger partial charge in [-0.3, -0.25) is 0 Å². The molecule has 21 heavy (non-hydrogen) atoms. The first-order chi connectivity index (χ1) is 9.72. The Labute approximate surface area is 127 Å². The van der Waals surface area contributed by atoms with Gasteiger partial charge < -0.3 is 20.7 Å². The van der Waals surface area contributed by atoms with E-state index < -0.39 is 0 Å². The van der Waals surface area contributed by atoms with Crippen molar-refractivity contribution < 1.29 is 4.74 Å². The van der Waals surface area contributed by atoms with Gasteiger partial charge in [0.2, 0.25) is 5.88 Å². The van der Waals surface area contributed by atoms with Crippen molar-refractivity contribution in [3.8, 4) is 5.88 Å². The predicted molar refractivity (Wildman–Crippen MR) is 87.8 cm³/mol. The van der Waals surface area contributed by atoms with Gasteiger partial charge in [0, 0.05) is 12.1 Å². The SMILES string of the molecule is CN(C)C1(CNc2ccc(N)c(OC(C)(C)C)n2)CCC1. The molecule has 118 valence electrons. The van der Waals surface area contributed by atoms with Crippen molar-refractivity contribution in [1.82, 2.24) is 9.88 Å². The first-order valence-corrected chi connectivity index (χ1v) is 7.59. The number of nitrogens with one attached hydrogen (secondary N) is 1. The molecule has 5 nitrogen and oxygen atoms in total. The zero-order valence-corrected chi connectivity index (χ0v) is 13.9. The number of nitrogens with two attached hydrogens (primary N) is 1. The monoisotopic (exact) mass is 292 g/mol. The minimum atomic E-state index is -0.307. The zero-order valence-electron chi connectivity index (χ0n) is 13.9.